The van der Waals surface area contributed by atoms with E-state index in [2.05, 4.69) is 11.6 Å². The van der Waals surface area contributed by atoms with Gasteiger partial charge in [-0.2, -0.15) is 11.8 Å². The number of methoxy groups -OCH3 is 1. The average Bonchev–Trinajstić information content (AvgIpc) is 2.85. The van der Waals surface area contributed by atoms with Gasteiger partial charge in [-0.3, -0.25) is 10.1 Å². The Morgan fingerprint density at radius 2 is 2.26 bits per heavy atom. The lowest BCUT2D eigenvalue weighted by Gasteiger charge is -2.15. The maximum absolute atomic E-state index is 11.2. The summed E-state index contributed by atoms with van der Waals surface area (Å²) in [5.74, 6) is 0.300. The summed E-state index contributed by atoms with van der Waals surface area (Å²) < 4.78 is 5.07. The van der Waals surface area contributed by atoms with Gasteiger partial charge in [0.2, 0.25) is 0 Å². The van der Waals surface area contributed by atoms with E-state index < -0.39 is 0 Å². The predicted molar refractivity (Wildman–Crippen MR) is 78.2 cm³/mol. The number of benzene rings is 1. The number of hydrogen-bond donors (Lipinski definition) is 1. The van der Waals surface area contributed by atoms with Gasteiger partial charge in [0.05, 0.1) is 12.0 Å². The molecule has 104 valence electrons. The zero-order valence-electron chi connectivity index (χ0n) is 11.1. The van der Waals surface area contributed by atoms with Crippen LogP contribution in [0, 0.1) is 10.1 Å². The number of ether oxygens (including phenoxy) is 1. The van der Waals surface area contributed by atoms with E-state index >= 15 is 0 Å². The first-order valence-electron chi connectivity index (χ1n) is 6.26. The highest BCUT2D eigenvalue weighted by Crippen LogP contribution is 2.37. The lowest BCUT2D eigenvalue weighted by atomic mass is 10.2. The van der Waals surface area contributed by atoms with Crippen molar-refractivity contribution in [2.24, 2.45) is 0 Å². The summed E-state index contributed by atoms with van der Waals surface area (Å²) in [5, 5.41) is 15.1. The highest BCUT2D eigenvalue weighted by Gasteiger charge is 2.27. The minimum Gasteiger partial charge on any atom is -0.490 e. The van der Waals surface area contributed by atoms with Gasteiger partial charge in [-0.25, -0.2) is 0 Å². The second-order valence-corrected chi connectivity index (χ2v) is 5.76. The zero-order chi connectivity index (χ0) is 13.8. The number of para-hydroxylation sites is 1. The Kier molecular flexibility index (Phi) is 4.52. The fraction of sp³-hybridized carbons (Fsp3) is 0.538. The molecule has 1 aromatic carbocycles. The van der Waals surface area contributed by atoms with Gasteiger partial charge in [0.1, 0.15) is 5.69 Å². The van der Waals surface area contributed by atoms with E-state index in [1.807, 2.05) is 11.8 Å². The van der Waals surface area contributed by atoms with E-state index in [9.17, 15) is 10.1 Å². The van der Waals surface area contributed by atoms with Gasteiger partial charge in [0.25, 0.3) is 0 Å². The van der Waals surface area contributed by atoms with Crippen LogP contribution in [0.1, 0.15) is 19.3 Å². The summed E-state index contributed by atoms with van der Waals surface area (Å²) in [6, 6.07) is 5.44. The Labute approximate surface area is 116 Å². The summed E-state index contributed by atoms with van der Waals surface area (Å²) in [6.07, 6.45) is 5.38. The van der Waals surface area contributed by atoms with E-state index in [1.165, 1.54) is 7.11 Å². The number of nitro benzene ring substituents is 1. The molecular formula is C13H18N2O3S. The molecule has 0 spiro atoms. The number of nitrogens with zero attached hydrogens (tertiary/aromatic N) is 1. The third-order valence-electron chi connectivity index (χ3n) is 3.48. The minimum absolute atomic E-state index is 0.0256. The van der Waals surface area contributed by atoms with Crippen LogP contribution < -0.4 is 10.1 Å². The molecule has 1 N–H and O–H groups in total. The molecule has 1 aliphatic rings. The number of nitrogens with one attached hydrogen (secondary N) is 1. The molecule has 19 heavy (non-hydrogen) atoms. The van der Waals surface area contributed by atoms with Gasteiger partial charge in [-0.15, -0.1) is 0 Å². The van der Waals surface area contributed by atoms with E-state index in [0.29, 0.717) is 22.7 Å². The molecule has 1 aliphatic carbocycles. The van der Waals surface area contributed by atoms with Gasteiger partial charge in [-0.1, -0.05) is 6.07 Å². The number of anilines is 1. The number of thioether (sulfide) groups is 1. The van der Waals surface area contributed by atoms with Gasteiger partial charge in [-0.05, 0) is 37.7 Å². The maximum Gasteiger partial charge on any atom is 0.333 e. The molecule has 0 radical (unpaired) electrons. The van der Waals surface area contributed by atoms with E-state index in [0.717, 1.165) is 19.3 Å². The Morgan fingerprint density at radius 1 is 1.47 bits per heavy atom. The fourth-order valence-electron chi connectivity index (χ4n) is 2.50. The molecule has 6 heteroatoms. The standard InChI is InChI=1S/C13H18N2O3S/c1-18-12-5-3-4-11(13(12)15(16)17)14-9-6-7-10(8-9)19-2/h3-5,9-10,14H,6-8H2,1-2H3. The molecule has 0 aromatic heterocycles. The van der Waals surface area contributed by atoms with Crippen molar-refractivity contribution < 1.29 is 9.66 Å². The topological polar surface area (TPSA) is 64.4 Å². The summed E-state index contributed by atoms with van der Waals surface area (Å²) in [6.45, 7) is 0. The molecule has 2 unspecified atom stereocenters. The predicted octanol–water partition coefficient (Wildman–Crippen LogP) is 3.30. The molecule has 2 rings (SSSR count). The van der Waals surface area contributed by atoms with E-state index in [-0.39, 0.29) is 10.6 Å². The van der Waals surface area contributed by atoms with Crippen LogP contribution in [0.25, 0.3) is 0 Å². The van der Waals surface area contributed by atoms with Crippen LogP contribution in [0.5, 0.6) is 5.75 Å². The van der Waals surface area contributed by atoms with Crippen LogP contribution in [0.15, 0.2) is 18.2 Å². The van der Waals surface area contributed by atoms with Gasteiger partial charge >= 0.3 is 5.69 Å². The summed E-state index contributed by atoms with van der Waals surface area (Å²) >= 11 is 1.87. The molecule has 1 fully saturated rings. The molecule has 0 saturated heterocycles. The van der Waals surface area contributed by atoms with Crippen LogP contribution in [0.2, 0.25) is 0 Å². The second-order valence-electron chi connectivity index (χ2n) is 4.63. The average molecular weight is 282 g/mol. The Morgan fingerprint density at radius 3 is 2.84 bits per heavy atom. The molecule has 1 saturated carbocycles. The highest BCUT2D eigenvalue weighted by molar-refractivity contribution is 7.99. The Hall–Kier alpha value is -1.43. The van der Waals surface area contributed by atoms with Gasteiger partial charge < -0.3 is 10.1 Å². The SMILES string of the molecule is COc1cccc(NC2CCC(SC)C2)c1[N+](=O)[O-]. The Balaban J connectivity index is 2.18. The normalized spacial score (nSPS) is 22.2. The first-order valence-corrected chi connectivity index (χ1v) is 7.55. The number of hydrogen-bond acceptors (Lipinski definition) is 5. The van der Waals surface area contributed by atoms with E-state index in [1.54, 1.807) is 18.2 Å². The van der Waals surface area contributed by atoms with Crippen LogP contribution in [-0.2, 0) is 0 Å². The molecule has 0 amide bonds. The second kappa shape index (κ2) is 6.14. The third kappa shape index (κ3) is 3.12. The largest absolute Gasteiger partial charge is 0.490 e. The van der Waals surface area contributed by atoms with Crippen LogP contribution in [0.3, 0.4) is 0 Å². The monoisotopic (exact) mass is 282 g/mol. The first-order chi connectivity index (χ1) is 9.15. The van der Waals surface area contributed by atoms with Crippen molar-refractivity contribution in [1.29, 1.82) is 0 Å². The van der Waals surface area contributed by atoms with Crippen molar-refractivity contribution in [2.45, 2.75) is 30.6 Å². The summed E-state index contributed by atoms with van der Waals surface area (Å²) in [4.78, 5) is 10.8. The van der Waals surface area contributed by atoms with Crippen molar-refractivity contribution in [3.05, 3.63) is 28.3 Å². The first kappa shape index (κ1) is 14.0. The summed E-state index contributed by atoms with van der Waals surface area (Å²) in [5.41, 5.74) is 0.578. The number of nitro groups is 1. The van der Waals surface area contributed by atoms with Crippen LogP contribution >= 0.6 is 11.8 Å². The van der Waals surface area contributed by atoms with Crippen molar-refractivity contribution in [2.75, 3.05) is 18.7 Å². The van der Waals surface area contributed by atoms with Crippen molar-refractivity contribution in [3.8, 4) is 5.75 Å². The van der Waals surface area contributed by atoms with Crippen LogP contribution in [0.4, 0.5) is 11.4 Å². The Bertz CT molecular complexity index is 467. The molecule has 0 aliphatic heterocycles. The fourth-order valence-corrected chi connectivity index (χ4v) is 3.29. The van der Waals surface area contributed by atoms with Crippen molar-refractivity contribution in [3.63, 3.8) is 0 Å². The van der Waals surface area contributed by atoms with Crippen LogP contribution in [-0.4, -0.2) is 29.6 Å². The third-order valence-corrected chi connectivity index (χ3v) is 4.57. The number of rotatable bonds is 5. The van der Waals surface area contributed by atoms with E-state index in [4.69, 9.17) is 4.74 Å². The molecule has 1 aromatic rings. The molecule has 0 bridgehead atoms. The molecule has 0 heterocycles. The van der Waals surface area contributed by atoms with Gasteiger partial charge in [0.15, 0.2) is 5.75 Å². The minimum atomic E-state index is -0.387. The molecular weight excluding hydrogens is 264 g/mol. The lowest BCUT2D eigenvalue weighted by Crippen LogP contribution is -2.17. The van der Waals surface area contributed by atoms with Crippen molar-refractivity contribution in [1.82, 2.24) is 0 Å². The zero-order valence-corrected chi connectivity index (χ0v) is 11.9. The maximum atomic E-state index is 11.2. The lowest BCUT2D eigenvalue weighted by molar-refractivity contribution is -0.384. The molecule has 2 atom stereocenters. The van der Waals surface area contributed by atoms with Crippen molar-refractivity contribution >= 4 is 23.1 Å². The van der Waals surface area contributed by atoms with Gasteiger partial charge in [0, 0.05) is 11.3 Å². The smallest absolute Gasteiger partial charge is 0.333 e. The quantitative estimate of drug-likeness (QED) is 0.663. The highest BCUT2D eigenvalue weighted by atomic mass is 32.2. The summed E-state index contributed by atoms with van der Waals surface area (Å²) in [7, 11) is 1.45. The molecule has 5 nitrogen and oxygen atoms in total.